The first-order chi connectivity index (χ1) is 9.05. The Morgan fingerprint density at radius 3 is 2.63 bits per heavy atom. The summed E-state index contributed by atoms with van der Waals surface area (Å²) < 4.78 is 5.38. The number of benzene rings is 2. The molecule has 3 heteroatoms. The van der Waals surface area contributed by atoms with Crippen LogP contribution in [0, 0.1) is 6.92 Å². The zero-order valence-corrected chi connectivity index (χ0v) is 11.5. The van der Waals surface area contributed by atoms with E-state index in [1.165, 1.54) is 22.3 Å². The number of rotatable bonds is 2. The molecule has 0 aliphatic heterocycles. The second kappa shape index (κ2) is 4.14. The van der Waals surface area contributed by atoms with Gasteiger partial charge in [-0.3, -0.25) is 0 Å². The molecule has 0 saturated heterocycles. The maximum atomic E-state index is 9.05. The molecular weight excluding hydrogens is 235 g/mol. The first-order valence-corrected chi connectivity index (χ1v) is 6.54. The van der Waals surface area contributed by atoms with Crippen LogP contribution in [-0.4, -0.2) is 12.7 Å². The van der Waals surface area contributed by atoms with E-state index in [-0.39, 0.29) is 13.1 Å². The molecule has 2 nitrogen and oxygen atoms in total. The van der Waals surface area contributed by atoms with Crippen molar-refractivity contribution in [1.82, 2.24) is 0 Å². The lowest BCUT2D eigenvalue weighted by Gasteiger charge is -2.21. The quantitative estimate of drug-likeness (QED) is 0.832. The average Bonchev–Trinajstić information content (AvgIpc) is 2.60. The van der Waals surface area contributed by atoms with E-state index in [4.69, 9.17) is 9.68 Å². The van der Waals surface area contributed by atoms with Gasteiger partial charge in [-0.1, -0.05) is 49.7 Å². The molecule has 19 heavy (non-hydrogen) atoms. The molecule has 0 spiro atoms. The van der Waals surface area contributed by atoms with Gasteiger partial charge in [-0.25, -0.2) is 0 Å². The Morgan fingerprint density at radius 2 is 1.89 bits per heavy atom. The highest BCUT2D eigenvalue weighted by atomic mass is 16.5. The van der Waals surface area contributed by atoms with Crippen molar-refractivity contribution >= 4 is 7.69 Å². The Morgan fingerprint density at radius 1 is 1.11 bits per heavy atom. The maximum Gasteiger partial charge on any atom is 0.504 e. The van der Waals surface area contributed by atoms with Crippen LogP contribution < -0.4 is 4.65 Å². The van der Waals surface area contributed by atoms with E-state index in [0.717, 1.165) is 11.3 Å². The van der Waals surface area contributed by atoms with Crippen molar-refractivity contribution in [2.24, 2.45) is 0 Å². The molecule has 0 bridgehead atoms. The molecule has 1 aliphatic rings. The standard InChI is InChI=1S/C16H17BO2/c1-10-7-8-11-13(9-10)16(2,3)12-5-4-6-14(15(11)12)19-17-18/h4-9,17-18H,1-3H3. The van der Waals surface area contributed by atoms with Crippen LogP contribution in [0.5, 0.6) is 5.75 Å². The predicted octanol–water partition coefficient (Wildman–Crippen LogP) is 2.94. The van der Waals surface area contributed by atoms with Gasteiger partial charge in [-0.05, 0) is 29.7 Å². The van der Waals surface area contributed by atoms with Crippen molar-refractivity contribution in [2.75, 3.05) is 0 Å². The molecule has 0 heterocycles. The minimum atomic E-state index is -0.294. The first-order valence-electron chi connectivity index (χ1n) is 6.54. The van der Waals surface area contributed by atoms with Gasteiger partial charge < -0.3 is 9.68 Å². The summed E-state index contributed by atoms with van der Waals surface area (Å²) in [5.41, 5.74) is 6.18. The molecule has 96 valence electrons. The van der Waals surface area contributed by atoms with Crippen LogP contribution in [0.1, 0.15) is 30.5 Å². The van der Waals surface area contributed by atoms with Crippen LogP contribution in [0.25, 0.3) is 11.1 Å². The van der Waals surface area contributed by atoms with Gasteiger partial charge in [0.1, 0.15) is 5.75 Å². The van der Waals surface area contributed by atoms with E-state index in [9.17, 15) is 0 Å². The van der Waals surface area contributed by atoms with Gasteiger partial charge in [0.2, 0.25) is 0 Å². The Hall–Kier alpha value is -1.74. The van der Waals surface area contributed by atoms with Crippen molar-refractivity contribution in [3.8, 4) is 16.9 Å². The van der Waals surface area contributed by atoms with Crippen LogP contribution in [0.2, 0.25) is 0 Å². The van der Waals surface area contributed by atoms with E-state index in [0.29, 0.717) is 0 Å². The fourth-order valence-electron chi connectivity index (χ4n) is 3.06. The Balaban J connectivity index is 2.32. The lowest BCUT2D eigenvalue weighted by Crippen LogP contribution is -2.15. The molecule has 0 unspecified atom stereocenters. The largest absolute Gasteiger partial charge is 0.538 e. The topological polar surface area (TPSA) is 29.5 Å². The van der Waals surface area contributed by atoms with Crippen LogP contribution >= 0.6 is 0 Å². The second-order valence-electron chi connectivity index (χ2n) is 5.63. The highest BCUT2D eigenvalue weighted by molar-refractivity contribution is 6.17. The summed E-state index contributed by atoms with van der Waals surface area (Å²) >= 11 is 0. The van der Waals surface area contributed by atoms with Crippen molar-refractivity contribution in [2.45, 2.75) is 26.2 Å². The number of hydrogen-bond donors (Lipinski definition) is 1. The van der Waals surface area contributed by atoms with E-state index in [2.05, 4.69) is 45.0 Å². The van der Waals surface area contributed by atoms with E-state index in [1.807, 2.05) is 12.1 Å². The van der Waals surface area contributed by atoms with Crippen molar-refractivity contribution in [3.05, 3.63) is 53.1 Å². The van der Waals surface area contributed by atoms with Crippen LogP contribution in [-0.2, 0) is 5.41 Å². The summed E-state index contributed by atoms with van der Waals surface area (Å²) in [7, 11) is -0.294. The Labute approximate surface area is 114 Å². The molecular formula is C16H17BO2. The number of fused-ring (bicyclic) bond motifs is 3. The predicted molar refractivity (Wildman–Crippen MR) is 78.7 cm³/mol. The molecule has 0 amide bonds. The van der Waals surface area contributed by atoms with Crippen LogP contribution in [0.15, 0.2) is 36.4 Å². The smallest absolute Gasteiger partial charge is 0.504 e. The minimum absolute atomic E-state index is 0.0223. The number of hydrogen-bond acceptors (Lipinski definition) is 2. The second-order valence-corrected chi connectivity index (χ2v) is 5.63. The van der Waals surface area contributed by atoms with E-state index < -0.39 is 0 Å². The van der Waals surface area contributed by atoms with E-state index in [1.54, 1.807) is 0 Å². The SMILES string of the molecule is Cc1ccc2c(c1)C(C)(C)c1cccc(OBO)c1-2. The molecule has 0 fully saturated rings. The van der Waals surface area contributed by atoms with Crippen molar-refractivity contribution in [1.29, 1.82) is 0 Å². The third-order valence-electron chi connectivity index (χ3n) is 4.04. The summed E-state index contributed by atoms with van der Waals surface area (Å²) in [6.07, 6.45) is 0. The maximum absolute atomic E-state index is 9.05. The van der Waals surface area contributed by atoms with Gasteiger partial charge in [-0.15, -0.1) is 0 Å². The highest BCUT2D eigenvalue weighted by Gasteiger charge is 2.36. The molecule has 0 aromatic heterocycles. The van der Waals surface area contributed by atoms with Gasteiger partial charge in [0, 0.05) is 11.0 Å². The monoisotopic (exact) mass is 252 g/mol. The fraction of sp³-hybridized carbons (Fsp3) is 0.250. The first kappa shape index (κ1) is 12.3. The van der Waals surface area contributed by atoms with E-state index >= 15 is 0 Å². The summed E-state index contributed by atoms with van der Waals surface area (Å²) in [4.78, 5) is 0. The third kappa shape index (κ3) is 1.69. The fourth-order valence-corrected chi connectivity index (χ4v) is 3.06. The lowest BCUT2D eigenvalue weighted by atomic mass is 9.82. The van der Waals surface area contributed by atoms with Gasteiger partial charge in [0.25, 0.3) is 0 Å². The highest BCUT2D eigenvalue weighted by Crippen LogP contribution is 2.52. The van der Waals surface area contributed by atoms with Crippen molar-refractivity contribution in [3.63, 3.8) is 0 Å². The molecule has 1 aliphatic carbocycles. The molecule has 0 saturated carbocycles. The summed E-state index contributed by atoms with van der Waals surface area (Å²) in [6.45, 7) is 6.59. The lowest BCUT2D eigenvalue weighted by molar-refractivity contribution is 0.454. The van der Waals surface area contributed by atoms with Gasteiger partial charge >= 0.3 is 7.69 Å². The van der Waals surface area contributed by atoms with Gasteiger partial charge in [-0.2, -0.15) is 0 Å². The average molecular weight is 252 g/mol. The molecule has 2 aromatic carbocycles. The zero-order chi connectivity index (χ0) is 13.6. The zero-order valence-electron chi connectivity index (χ0n) is 11.5. The van der Waals surface area contributed by atoms with Gasteiger partial charge in [0.15, 0.2) is 0 Å². The third-order valence-corrected chi connectivity index (χ3v) is 4.04. The Bertz CT molecular complexity index is 647. The van der Waals surface area contributed by atoms with Crippen molar-refractivity contribution < 1.29 is 9.68 Å². The summed E-state index contributed by atoms with van der Waals surface area (Å²) in [5.74, 6) is 0.760. The molecule has 1 N–H and O–H groups in total. The minimum Gasteiger partial charge on any atom is -0.538 e. The summed E-state index contributed by atoms with van der Waals surface area (Å²) in [5, 5.41) is 9.05. The molecule has 0 atom stereocenters. The molecule has 0 radical (unpaired) electrons. The Kier molecular flexibility index (Phi) is 2.68. The summed E-state index contributed by atoms with van der Waals surface area (Å²) in [6, 6.07) is 12.6. The van der Waals surface area contributed by atoms with Crippen LogP contribution in [0.3, 0.4) is 0 Å². The molecule has 3 rings (SSSR count). The molecule has 2 aromatic rings. The number of aryl methyl sites for hydroxylation is 1. The van der Waals surface area contributed by atoms with Crippen LogP contribution in [0.4, 0.5) is 0 Å². The van der Waals surface area contributed by atoms with Gasteiger partial charge in [0.05, 0.1) is 0 Å². The normalized spacial score (nSPS) is 14.7.